The third-order valence-electron chi connectivity index (χ3n) is 4.37. The molecule has 19 heavy (non-hydrogen) atoms. The molecule has 1 heterocycles. The second-order valence-corrected chi connectivity index (χ2v) is 6.67. The van der Waals surface area contributed by atoms with E-state index in [0.717, 1.165) is 32.1 Å². The van der Waals surface area contributed by atoms with Crippen molar-refractivity contribution in [1.82, 2.24) is 4.90 Å². The SMILES string of the molecule is CCC1SCC(C(=O)O)N1C(=O)C1(CN)CCCC1. The Balaban J connectivity index is 2.25. The van der Waals surface area contributed by atoms with E-state index in [9.17, 15) is 14.7 Å². The van der Waals surface area contributed by atoms with Crippen molar-refractivity contribution in [3.05, 3.63) is 0 Å². The molecular weight excluding hydrogens is 264 g/mol. The van der Waals surface area contributed by atoms with E-state index in [0.29, 0.717) is 12.3 Å². The largest absolute Gasteiger partial charge is 0.480 e. The first-order valence-corrected chi connectivity index (χ1v) is 7.98. The number of nitrogens with two attached hydrogens (primary N) is 1. The van der Waals surface area contributed by atoms with E-state index in [2.05, 4.69) is 0 Å². The summed E-state index contributed by atoms with van der Waals surface area (Å²) in [6.07, 6.45) is 4.40. The molecule has 0 aromatic carbocycles. The fourth-order valence-corrected chi connectivity index (χ4v) is 4.52. The first kappa shape index (κ1) is 14.7. The summed E-state index contributed by atoms with van der Waals surface area (Å²) in [5.41, 5.74) is 5.34. The minimum Gasteiger partial charge on any atom is -0.480 e. The van der Waals surface area contributed by atoms with Gasteiger partial charge >= 0.3 is 5.97 Å². The van der Waals surface area contributed by atoms with Gasteiger partial charge in [0.25, 0.3) is 0 Å². The van der Waals surface area contributed by atoms with Crippen LogP contribution in [0.3, 0.4) is 0 Å². The summed E-state index contributed by atoms with van der Waals surface area (Å²) in [4.78, 5) is 25.8. The van der Waals surface area contributed by atoms with Crippen molar-refractivity contribution in [2.24, 2.45) is 11.1 Å². The molecule has 2 aliphatic rings. The van der Waals surface area contributed by atoms with Crippen LogP contribution in [0.15, 0.2) is 0 Å². The molecule has 1 saturated heterocycles. The molecule has 0 aromatic heterocycles. The van der Waals surface area contributed by atoms with E-state index >= 15 is 0 Å². The van der Waals surface area contributed by atoms with E-state index < -0.39 is 17.4 Å². The van der Waals surface area contributed by atoms with E-state index in [-0.39, 0.29) is 11.3 Å². The van der Waals surface area contributed by atoms with Crippen LogP contribution in [0.4, 0.5) is 0 Å². The summed E-state index contributed by atoms with van der Waals surface area (Å²) in [6, 6.07) is -0.688. The Kier molecular flexibility index (Phi) is 4.40. The van der Waals surface area contributed by atoms with E-state index in [1.807, 2.05) is 6.92 Å². The number of amides is 1. The van der Waals surface area contributed by atoms with Gasteiger partial charge in [-0.2, -0.15) is 0 Å². The molecule has 0 spiro atoms. The number of nitrogens with zero attached hydrogens (tertiary/aromatic N) is 1. The number of carbonyl (C=O) groups is 2. The molecule has 2 atom stereocenters. The Bertz CT molecular complexity index is 369. The van der Waals surface area contributed by atoms with Crippen LogP contribution >= 0.6 is 11.8 Å². The molecule has 1 aliphatic heterocycles. The lowest BCUT2D eigenvalue weighted by molar-refractivity contribution is -0.154. The normalized spacial score (nSPS) is 29.7. The van der Waals surface area contributed by atoms with Crippen molar-refractivity contribution in [2.75, 3.05) is 12.3 Å². The fourth-order valence-electron chi connectivity index (χ4n) is 3.17. The Labute approximate surface area is 117 Å². The minimum atomic E-state index is -0.901. The van der Waals surface area contributed by atoms with Crippen LogP contribution in [0.5, 0.6) is 0 Å². The maximum absolute atomic E-state index is 12.9. The van der Waals surface area contributed by atoms with Gasteiger partial charge in [-0.25, -0.2) is 4.79 Å². The Morgan fingerprint density at radius 2 is 2.05 bits per heavy atom. The van der Waals surface area contributed by atoms with Crippen LogP contribution in [-0.4, -0.2) is 45.6 Å². The van der Waals surface area contributed by atoms with E-state index in [1.165, 1.54) is 0 Å². The predicted octanol–water partition coefficient (Wildman–Crippen LogP) is 1.27. The number of hydrogen-bond acceptors (Lipinski definition) is 4. The molecule has 0 aromatic rings. The van der Waals surface area contributed by atoms with Gasteiger partial charge in [-0.05, 0) is 19.3 Å². The maximum atomic E-state index is 12.9. The molecule has 1 saturated carbocycles. The molecule has 6 heteroatoms. The topological polar surface area (TPSA) is 83.6 Å². The third kappa shape index (κ3) is 2.48. The average Bonchev–Trinajstić information content (AvgIpc) is 3.04. The summed E-state index contributed by atoms with van der Waals surface area (Å²) in [6.45, 7) is 2.32. The number of carboxylic acid groups (broad SMARTS) is 1. The Morgan fingerprint density at radius 1 is 1.42 bits per heavy atom. The molecule has 5 nitrogen and oxygen atoms in total. The number of hydrogen-bond donors (Lipinski definition) is 2. The highest BCUT2D eigenvalue weighted by Crippen LogP contribution is 2.42. The second kappa shape index (κ2) is 5.71. The molecule has 3 N–H and O–H groups in total. The summed E-state index contributed by atoms with van der Waals surface area (Å²) in [5.74, 6) is -0.445. The zero-order valence-corrected chi connectivity index (χ0v) is 12.1. The van der Waals surface area contributed by atoms with Gasteiger partial charge < -0.3 is 15.7 Å². The predicted molar refractivity (Wildman–Crippen MR) is 74.8 cm³/mol. The molecule has 2 rings (SSSR count). The third-order valence-corrected chi connectivity index (χ3v) is 5.82. The number of aliphatic carboxylic acids is 1. The number of rotatable bonds is 4. The van der Waals surface area contributed by atoms with Gasteiger partial charge in [0.2, 0.25) is 5.91 Å². The van der Waals surface area contributed by atoms with Gasteiger partial charge in [-0.1, -0.05) is 19.8 Å². The van der Waals surface area contributed by atoms with Crippen LogP contribution < -0.4 is 5.73 Å². The zero-order valence-electron chi connectivity index (χ0n) is 11.3. The number of thioether (sulfide) groups is 1. The van der Waals surface area contributed by atoms with Gasteiger partial charge in [-0.3, -0.25) is 4.79 Å². The molecule has 1 amide bonds. The van der Waals surface area contributed by atoms with E-state index in [1.54, 1.807) is 16.7 Å². The molecule has 2 fully saturated rings. The van der Waals surface area contributed by atoms with Gasteiger partial charge in [-0.15, -0.1) is 11.8 Å². The lowest BCUT2D eigenvalue weighted by Gasteiger charge is -2.35. The zero-order chi connectivity index (χ0) is 14.0. The average molecular weight is 286 g/mol. The van der Waals surface area contributed by atoms with Crippen molar-refractivity contribution in [2.45, 2.75) is 50.4 Å². The van der Waals surface area contributed by atoms with Gasteiger partial charge in [0.05, 0.1) is 10.8 Å². The molecular formula is C13H22N2O3S. The van der Waals surface area contributed by atoms with Crippen LogP contribution in [0.2, 0.25) is 0 Å². The summed E-state index contributed by atoms with van der Waals surface area (Å²) in [7, 11) is 0. The monoisotopic (exact) mass is 286 g/mol. The van der Waals surface area contributed by atoms with Crippen molar-refractivity contribution in [1.29, 1.82) is 0 Å². The lowest BCUT2D eigenvalue weighted by Crippen LogP contribution is -2.53. The lowest BCUT2D eigenvalue weighted by atomic mass is 9.84. The molecule has 0 bridgehead atoms. The fraction of sp³-hybridized carbons (Fsp3) is 0.846. The van der Waals surface area contributed by atoms with Gasteiger partial charge in [0.15, 0.2) is 0 Å². The highest BCUT2D eigenvalue weighted by molar-refractivity contribution is 8.00. The van der Waals surface area contributed by atoms with Crippen molar-refractivity contribution < 1.29 is 14.7 Å². The maximum Gasteiger partial charge on any atom is 0.327 e. The summed E-state index contributed by atoms with van der Waals surface area (Å²) in [5, 5.41) is 9.29. The quantitative estimate of drug-likeness (QED) is 0.813. The molecule has 1 aliphatic carbocycles. The Hall–Kier alpha value is -0.750. The summed E-state index contributed by atoms with van der Waals surface area (Å²) >= 11 is 1.57. The summed E-state index contributed by atoms with van der Waals surface area (Å²) < 4.78 is 0. The first-order valence-electron chi connectivity index (χ1n) is 6.93. The van der Waals surface area contributed by atoms with Crippen molar-refractivity contribution >= 4 is 23.6 Å². The van der Waals surface area contributed by atoms with Gasteiger partial charge in [0, 0.05) is 12.3 Å². The van der Waals surface area contributed by atoms with Crippen molar-refractivity contribution in [3.8, 4) is 0 Å². The van der Waals surface area contributed by atoms with E-state index in [4.69, 9.17) is 5.73 Å². The second-order valence-electron chi connectivity index (χ2n) is 5.45. The standard InChI is InChI=1S/C13H22N2O3S/c1-2-10-15(9(7-19-10)11(16)17)12(18)13(8-14)5-3-4-6-13/h9-10H,2-8,14H2,1H3,(H,16,17). The number of carboxylic acids is 1. The highest BCUT2D eigenvalue weighted by atomic mass is 32.2. The van der Waals surface area contributed by atoms with Crippen LogP contribution in [-0.2, 0) is 9.59 Å². The Morgan fingerprint density at radius 3 is 2.53 bits per heavy atom. The molecule has 2 unspecified atom stereocenters. The molecule has 108 valence electrons. The highest BCUT2D eigenvalue weighted by Gasteiger charge is 2.49. The van der Waals surface area contributed by atoms with Crippen molar-refractivity contribution in [3.63, 3.8) is 0 Å². The molecule has 0 radical (unpaired) electrons. The smallest absolute Gasteiger partial charge is 0.327 e. The number of carbonyl (C=O) groups excluding carboxylic acids is 1. The van der Waals surface area contributed by atoms with Crippen LogP contribution in [0, 0.1) is 5.41 Å². The first-order chi connectivity index (χ1) is 9.05. The minimum absolute atomic E-state index is 0.0161. The van der Waals surface area contributed by atoms with Crippen LogP contribution in [0.1, 0.15) is 39.0 Å². The van der Waals surface area contributed by atoms with Gasteiger partial charge in [0.1, 0.15) is 6.04 Å². The van der Waals surface area contributed by atoms with Crippen LogP contribution in [0.25, 0.3) is 0 Å².